The van der Waals surface area contributed by atoms with Crippen LogP contribution in [0.1, 0.15) is 63.0 Å². The molecule has 1 fully saturated rings. The molecule has 4 heteroatoms. The Kier molecular flexibility index (Phi) is 4.97. The second-order valence-corrected chi connectivity index (χ2v) is 9.75. The maximum absolute atomic E-state index is 13.8. The number of hydrogen-bond acceptors (Lipinski definition) is 4. The van der Waals surface area contributed by atoms with Crippen LogP contribution >= 0.6 is 11.8 Å². The quantitative estimate of drug-likeness (QED) is 0.599. The van der Waals surface area contributed by atoms with Crippen LogP contribution in [-0.2, 0) is 4.79 Å². The van der Waals surface area contributed by atoms with Gasteiger partial charge in [0.25, 0.3) is 0 Å². The number of rotatable bonds is 2. The van der Waals surface area contributed by atoms with Gasteiger partial charge in [-0.1, -0.05) is 42.2 Å². The summed E-state index contributed by atoms with van der Waals surface area (Å²) in [6.45, 7) is 6.56. The van der Waals surface area contributed by atoms with Crippen LogP contribution in [-0.4, -0.2) is 29.7 Å². The van der Waals surface area contributed by atoms with Gasteiger partial charge in [-0.3, -0.25) is 9.79 Å². The lowest BCUT2D eigenvalue weighted by Crippen LogP contribution is -2.49. The number of nitrogens with zero attached hydrogens (tertiary/aromatic N) is 1. The van der Waals surface area contributed by atoms with Gasteiger partial charge >= 0.3 is 0 Å². The number of carbonyl (C=O) groups excluding carboxylic acids is 1. The van der Waals surface area contributed by atoms with E-state index in [0.717, 1.165) is 29.2 Å². The molecule has 0 unspecified atom stereocenters. The molecule has 3 aliphatic rings. The molecule has 1 heterocycles. The van der Waals surface area contributed by atoms with E-state index >= 15 is 0 Å². The fourth-order valence-electron chi connectivity index (χ4n) is 5.87. The molecule has 1 saturated carbocycles. The minimum atomic E-state index is -0.508. The van der Waals surface area contributed by atoms with E-state index in [0.29, 0.717) is 18.1 Å². The number of Topliss-reactive ketones (excluding diaryl/α,β-unsaturated/α-hetero) is 1. The summed E-state index contributed by atoms with van der Waals surface area (Å²) in [5.41, 5.74) is 3.01. The number of allylic oxidation sites excluding steroid dienone is 2. The molecule has 0 N–H and O–H groups in total. The van der Waals surface area contributed by atoms with E-state index < -0.39 is 5.41 Å². The molecule has 2 aliphatic carbocycles. The lowest BCUT2D eigenvalue weighted by Gasteiger charge is -2.44. The Labute approximate surface area is 173 Å². The summed E-state index contributed by atoms with van der Waals surface area (Å²) >= 11 is 1.68. The first-order valence-corrected chi connectivity index (χ1v) is 11.6. The molecule has 0 bridgehead atoms. The summed E-state index contributed by atoms with van der Waals surface area (Å²) in [6, 6.07) is 6.26. The molecular weight excluding hydrogens is 366 g/mol. The Morgan fingerprint density at radius 3 is 2.75 bits per heavy atom. The minimum Gasteiger partial charge on any atom is -0.496 e. The first-order valence-electron chi connectivity index (χ1n) is 10.4. The number of methoxy groups -OCH3 is 1. The van der Waals surface area contributed by atoms with Gasteiger partial charge < -0.3 is 4.74 Å². The molecule has 4 rings (SSSR count). The van der Waals surface area contributed by atoms with E-state index in [2.05, 4.69) is 45.2 Å². The van der Waals surface area contributed by atoms with Crippen LogP contribution in [0.3, 0.4) is 0 Å². The topological polar surface area (TPSA) is 38.7 Å². The Morgan fingerprint density at radius 2 is 2.04 bits per heavy atom. The van der Waals surface area contributed by atoms with Crippen molar-refractivity contribution in [1.82, 2.24) is 0 Å². The first kappa shape index (κ1) is 19.8. The van der Waals surface area contributed by atoms with Gasteiger partial charge in [0, 0.05) is 23.8 Å². The highest BCUT2D eigenvalue weighted by Crippen LogP contribution is 2.59. The Balaban J connectivity index is 1.82. The molecule has 0 saturated heterocycles. The SMILES string of the molecule is COc1ccc(C)cc1[C@@H]1CC(=O)[C@]2(C=C1C)C(SC)=N[C@@]1(C)CCCC[C@H]21. The lowest BCUT2D eigenvalue weighted by molar-refractivity contribution is -0.127. The maximum Gasteiger partial charge on any atom is 0.150 e. The molecular formula is C24H31NO2S. The highest BCUT2D eigenvalue weighted by molar-refractivity contribution is 8.13. The zero-order chi connectivity index (χ0) is 20.1. The van der Waals surface area contributed by atoms with Crippen LogP contribution in [0.25, 0.3) is 0 Å². The highest BCUT2D eigenvalue weighted by atomic mass is 32.2. The normalized spacial score (nSPS) is 34.8. The molecule has 1 spiro atoms. The number of benzene rings is 1. The predicted molar refractivity (Wildman–Crippen MR) is 118 cm³/mol. The van der Waals surface area contributed by atoms with Crippen LogP contribution in [0.4, 0.5) is 0 Å². The van der Waals surface area contributed by atoms with Crippen molar-refractivity contribution in [2.45, 2.75) is 64.3 Å². The highest BCUT2D eigenvalue weighted by Gasteiger charge is 2.61. The Hall–Kier alpha value is -1.55. The second kappa shape index (κ2) is 7.05. The van der Waals surface area contributed by atoms with Crippen molar-refractivity contribution in [3.05, 3.63) is 41.0 Å². The third-order valence-corrected chi connectivity index (χ3v) is 8.06. The molecule has 28 heavy (non-hydrogen) atoms. The van der Waals surface area contributed by atoms with Gasteiger partial charge in [-0.05, 0) is 45.9 Å². The molecule has 0 radical (unpaired) electrons. The van der Waals surface area contributed by atoms with E-state index in [1.807, 2.05) is 6.07 Å². The summed E-state index contributed by atoms with van der Waals surface area (Å²) < 4.78 is 5.63. The largest absolute Gasteiger partial charge is 0.496 e. The number of ketones is 1. The van der Waals surface area contributed by atoms with Crippen LogP contribution in [0.2, 0.25) is 0 Å². The monoisotopic (exact) mass is 397 g/mol. The third kappa shape index (κ3) is 2.79. The van der Waals surface area contributed by atoms with E-state index in [4.69, 9.17) is 9.73 Å². The van der Waals surface area contributed by atoms with Crippen molar-refractivity contribution in [2.75, 3.05) is 13.4 Å². The first-order chi connectivity index (χ1) is 13.4. The fraction of sp³-hybridized carbons (Fsp3) is 0.583. The van der Waals surface area contributed by atoms with Gasteiger partial charge in [0.05, 0.1) is 17.7 Å². The number of thioether (sulfide) groups is 1. The molecule has 0 aromatic heterocycles. The summed E-state index contributed by atoms with van der Waals surface area (Å²) in [5, 5.41) is 1.04. The zero-order valence-corrected chi connectivity index (χ0v) is 18.5. The second-order valence-electron chi connectivity index (χ2n) is 8.96. The van der Waals surface area contributed by atoms with Crippen molar-refractivity contribution >= 4 is 22.6 Å². The van der Waals surface area contributed by atoms with Crippen LogP contribution in [0.5, 0.6) is 5.75 Å². The van der Waals surface area contributed by atoms with Gasteiger partial charge in [-0.2, -0.15) is 0 Å². The minimum absolute atomic E-state index is 0.0864. The van der Waals surface area contributed by atoms with Crippen molar-refractivity contribution in [2.24, 2.45) is 16.3 Å². The molecule has 1 aliphatic heterocycles. The summed E-state index contributed by atoms with van der Waals surface area (Å²) in [5.74, 6) is 1.61. The number of carbonyl (C=O) groups is 1. The Morgan fingerprint density at radius 1 is 1.25 bits per heavy atom. The molecule has 1 aromatic rings. The van der Waals surface area contributed by atoms with Crippen molar-refractivity contribution in [3.8, 4) is 5.75 Å². The summed E-state index contributed by atoms with van der Waals surface area (Å²) in [6.07, 6.45) is 9.52. The molecule has 0 amide bonds. The van der Waals surface area contributed by atoms with Gasteiger partial charge in [-0.15, -0.1) is 11.8 Å². The summed E-state index contributed by atoms with van der Waals surface area (Å²) in [4.78, 5) is 19.0. The smallest absolute Gasteiger partial charge is 0.150 e. The molecule has 150 valence electrons. The van der Waals surface area contributed by atoms with E-state index in [9.17, 15) is 4.79 Å². The van der Waals surface area contributed by atoms with Gasteiger partial charge in [0.1, 0.15) is 11.2 Å². The molecule has 4 atom stereocenters. The number of aliphatic imine (C=N–C) groups is 1. The van der Waals surface area contributed by atoms with Crippen LogP contribution in [0, 0.1) is 18.3 Å². The summed E-state index contributed by atoms with van der Waals surface area (Å²) in [7, 11) is 1.71. The number of hydrogen-bond donors (Lipinski definition) is 0. The lowest BCUT2D eigenvalue weighted by atomic mass is 9.58. The molecule has 1 aromatic carbocycles. The number of aryl methyl sites for hydroxylation is 1. The van der Waals surface area contributed by atoms with Crippen LogP contribution < -0.4 is 4.74 Å². The standard InChI is InChI=1S/C24H31NO2S/c1-15-9-10-19(27-4)18(12-15)17-13-21(26)24(14-16(17)2)20-8-6-7-11-23(20,3)25-22(24)28-5/h9-10,12,14,17,20H,6-8,11,13H2,1-5H3/t17-,20+,23+,24-/m1/s1. The molecule has 3 nitrogen and oxygen atoms in total. The fourth-order valence-corrected chi connectivity index (χ4v) is 6.82. The average Bonchev–Trinajstić information content (AvgIpc) is 2.93. The van der Waals surface area contributed by atoms with Crippen molar-refractivity contribution in [1.29, 1.82) is 0 Å². The van der Waals surface area contributed by atoms with E-state index in [-0.39, 0.29) is 11.5 Å². The van der Waals surface area contributed by atoms with Crippen LogP contribution in [0.15, 0.2) is 34.8 Å². The zero-order valence-electron chi connectivity index (χ0n) is 17.7. The number of ether oxygens (including phenoxy) is 1. The van der Waals surface area contributed by atoms with Crippen molar-refractivity contribution in [3.63, 3.8) is 0 Å². The van der Waals surface area contributed by atoms with Gasteiger partial charge in [0.2, 0.25) is 0 Å². The van der Waals surface area contributed by atoms with E-state index in [1.54, 1.807) is 18.9 Å². The average molecular weight is 398 g/mol. The van der Waals surface area contributed by atoms with Gasteiger partial charge in [0.15, 0.2) is 5.78 Å². The van der Waals surface area contributed by atoms with E-state index in [1.165, 1.54) is 24.0 Å². The maximum atomic E-state index is 13.8. The third-order valence-electron chi connectivity index (χ3n) is 7.25. The number of fused-ring (bicyclic) bond motifs is 2. The van der Waals surface area contributed by atoms with Gasteiger partial charge in [-0.25, -0.2) is 0 Å². The van der Waals surface area contributed by atoms with Crippen molar-refractivity contribution < 1.29 is 9.53 Å². The predicted octanol–water partition coefficient (Wildman–Crippen LogP) is 5.72. The Bertz CT molecular complexity index is 873.